The van der Waals surface area contributed by atoms with Gasteiger partial charge in [-0.2, -0.15) is 5.26 Å². The van der Waals surface area contributed by atoms with Gasteiger partial charge in [0, 0.05) is 9.37 Å². The van der Waals surface area contributed by atoms with Crippen LogP contribution in [0.15, 0.2) is 21.5 Å². The molecule has 0 saturated carbocycles. The standard InChI is InChI=1S/C9H6BrNO2S/c10-9-5(3-8(12)13)1-7(14)2-6(9)4-11/h1-2,14H,3H2,(H,12,13). The fourth-order valence-electron chi connectivity index (χ4n) is 1.04. The highest BCUT2D eigenvalue weighted by Crippen LogP contribution is 2.25. The summed E-state index contributed by atoms with van der Waals surface area (Å²) in [5, 5.41) is 17.4. The fraction of sp³-hybridized carbons (Fsp3) is 0.111. The van der Waals surface area contributed by atoms with Gasteiger partial charge in [-0.3, -0.25) is 4.79 Å². The number of rotatable bonds is 2. The van der Waals surface area contributed by atoms with Crippen molar-refractivity contribution in [3.8, 4) is 6.07 Å². The van der Waals surface area contributed by atoms with E-state index in [1.165, 1.54) is 0 Å². The van der Waals surface area contributed by atoms with E-state index in [1.807, 2.05) is 6.07 Å². The molecule has 0 saturated heterocycles. The second kappa shape index (κ2) is 4.49. The first kappa shape index (κ1) is 11.1. The van der Waals surface area contributed by atoms with Crippen LogP contribution >= 0.6 is 28.6 Å². The van der Waals surface area contributed by atoms with E-state index in [0.717, 1.165) is 0 Å². The van der Waals surface area contributed by atoms with Crippen molar-refractivity contribution in [1.82, 2.24) is 0 Å². The van der Waals surface area contributed by atoms with Crippen molar-refractivity contribution in [3.63, 3.8) is 0 Å². The Morgan fingerprint density at radius 1 is 1.64 bits per heavy atom. The Hall–Kier alpha value is -0.990. The molecule has 0 aliphatic carbocycles. The van der Waals surface area contributed by atoms with Crippen LogP contribution in [0.4, 0.5) is 0 Å². The summed E-state index contributed by atoms with van der Waals surface area (Å²) in [5.74, 6) is -0.937. The van der Waals surface area contributed by atoms with Crippen molar-refractivity contribution >= 4 is 34.5 Å². The zero-order valence-electron chi connectivity index (χ0n) is 6.99. The lowest BCUT2D eigenvalue weighted by molar-refractivity contribution is -0.136. The molecule has 0 radical (unpaired) electrons. The predicted octanol–water partition coefficient (Wildman–Crippen LogP) is 2.24. The lowest BCUT2D eigenvalue weighted by Gasteiger charge is -2.04. The third kappa shape index (κ3) is 2.50. The maximum atomic E-state index is 10.5. The van der Waals surface area contributed by atoms with Gasteiger partial charge in [0.15, 0.2) is 0 Å². The number of halogens is 1. The first-order valence-corrected chi connectivity index (χ1v) is 4.92. The van der Waals surface area contributed by atoms with Crippen LogP contribution in [-0.2, 0) is 11.2 Å². The minimum absolute atomic E-state index is 0.121. The second-order valence-electron chi connectivity index (χ2n) is 2.65. The number of aliphatic carboxylic acids is 1. The van der Waals surface area contributed by atoms with Crippen LogP contribution in [0.25, 0.3) is 0 Å². The summed E-state index contributed by atoms with van der Waals surface area (Å²) < 4.78 is 0.528. The van der Waals surface area contributed by atoms with Crippen molar-refractivity contribution in [1.29, 1.82) is 5.26 Å². The van der Waals surface area contributed by atoms with E-state index < -0.39 is 5.97 Å². The predicted molar refractivity (Wildman–Crippen MR) is 57.4 cm³/mol. The van der Waals surface area contributed by atoms with Crippen molar-refractivity contribution in [2.75, 3.05) is 0 Å². The van der Waals surface area contributed by atoms with Crippen LogP contribution in [-0.4, -0.2) is 11.1 Å². The maximum Gasteiger partial charge on any atom is 0.307 e. The number of carboxylic acid groups (broad SMARTS) is 1. The molecule has 0 amide bonds. The summed E-state index contributed by atoms with van der Waals surface area (Å²) >= 11 is 7.27. The average Bonchev–Trinajstić information content (AvgIpc) is 2.09. The number of carbonyl (C=O) groups is 1. The molecular weight excluding hydrogens is 266 g/mol. The molecule has 0 aromatic heterocycles. The van der Waals surface area contributed by atoms with Gasteiger partial charge < -0.3 is 5.11 Å². The van der Waals surface area contributed by atoms with E-state index >= 15 is 0 Å². The van der Waals surface area contributed by atoms with Gasteiger partial charge in [-0.15, -0.1) is 12.6 Å². The number of nitriles is 1. The number of nitrogens with zero attached hydrogens (tertiary/aromatic N) is 1. The summed E-state index contributed by atoms with van der Waals surface area (Å²) in [4.78, 5) is 11.1. The van der Waals surface area contributed by atoms with E-state index in [1.54, 1.807) is 12.1 Å². The molecule has 5 heteroatoms. The summed E-state index contributed by atoms with van der Waals surface area (Å²) in [7, 11) is 0. The minimum atomic E-state index is -0.937. The number of carboxylic acids is 1. The van der Waals surface area contributed by atoms with Crippen LogP contribution in [0.5, 0.6) is 0 Å². The summed E-state index contributed by atoms with van der Waals surface area (Å²) in [6, 6.07) is 5.17. The van der Waals surface area contributed by atoms with E-state index in [4.69, 9.17) is 10.4 Å². The first-order chi connectivity index (χ1) is 6.54. The zero-order valence-corrected chi connectivity index (χ0v) is 9.47. The molecular formula is C9H6BrNO2S. The van der Waals surface area contributed by atoms with Gasteiger partial charge in [0.2, 0.25) is 0 Å². The van der Waals surface area contributed by atoms with Gasteiger partial charge in [0.05, 0.1) is 12.0 Å². The highest BCUT2D eigenvalue weighted by atomic mass is 79.9. The van der Waals surface area contributed by atoms with Crippen LogP contribution in [0.1, 0.15) is 11.1 Å². The number of hydrogen-bond acceptors (Lipinski definition) is 3. The summed E-state index contributed by atoms with van der Waals surface area (Å²) in [6.07, 6.45) is -0.121. The molecule has 3 nitrogen and oxygen atoms in total. The molecule has 0 fully saturated rings. The molecule has 0 spiro atoms. The summed E-state index contributed by atoms with van der Waals surface area (Å²) in [6.45, 7) is 0. The molecule has 1 aromatic carbocycles. The Bertz CT molecular complexity index is 426. The highest BCUT2D eigenvalue weighted by Gasteiger charge is 2.10. The lowest BCUT2D eigenvalue weighted by Crippen LogP contribution is -2.01. The van der Waals surface area contributed by atoms with Crippen LogP contribution in [0.3, 0.4) is 0 Å². The van der Waals surface area contributed by atoms with E-state index in [0.29, 0.717) is 20.5 Å². The Balaban J connectivity index is 3.23. The first-order valence-electron chi connectivity index (χ1n) is 3.68. The molecule has 0 heterocycles. The largest absolute Gasteiger partial charge is 0.481 e. The average molecular weight is 272 g/mol. The third-order valence-corrected chi connectivity index (χ3v) is 2.79. The molecule has 14 heavy (non-hydrogen) atoms. The second-order valence-corrected chi connectivity index (χ2v) is 3.96. The smallest absolute Gasteiger partial charge is 0.307 e. The van der Waals surface area contributed by atoms with Crippen LogP contribution in [0.2, 0.25) is 0 Å². The molecule has 1 rings (SSSR count). The number of benzene rings is 1. The van der Waals surface area contributed by atoms with Crippen molar-refractivity contribution in [3.05, 3.63) is 27.7 Å². The Kier molecular flexibility index (Phi) is 3.55. The quantitative estimate of drug-likeness (QED) is 0.811. The normalized spacial score (nSPS) is 9.50. The van der Waals surface area contributed by atoms with Crippen molar-refractivity contribution in [2.45, 2.75) is 11.3 Å². The van der Waals surface area contributed by atoms with Crippen molar-refractivity contribution < 1.29 is 9.90 Å². The molecule has 0 unspecified atom stereocenters. The van der Waals surface area contributed by atoms with E-state index in [2.05, 4.69) is 28.6 Å². The molecule has 0 atom stereocenters. The van der Waals surface area contributed by atoms with Gasteiger partial charge in [-0.1, -0.05) is 0 Å². The van der Waals surface area contributed by atoms with Crippen LogP contribution < -0.4 is 0 Å². The summed E-state index contributed by atoms with van der Waals surface area (Å²) in [5.41, 5.74) is 0.954. The molecule has 0 bridgehead atoms. The van der Waals surface area contributed by atoms with Gasteiger partial charge in [-0.25, -0.2) is 0 Å². The molecule has 1 N–H and O–H groups in total. The van der Waals surface area contributed by atoms with Crippen LogP contribution in [0, 0.1) is 11.3 Å². The number of hydrogen-bond donors (Lipinski definition) is 2. The molecule has 72 valence electrons. The monoisotopic (exact) mass is 271 g/mol. The van der Waals surface area contributed by atoms with E-state index in [9.17, 15) is 4.79 Å². The maximum absolute atomic E-state index is 10.5. The fourth-order valence-corrected chi connectivity index (χ4v) is 1.78. The minimum Gasteiger partial charge on any atom is -0.481 e. The van der Waals surface area contributed by atoms with Gasteiger partial charge in [-0.05, 0) is 33.6 Å². The zero-order chi connectivity index (χ0) is 10.7. The Labute approximate surface area is 94.9 Å². The SMILES string of the molecule is N#Cc1cc(S)cc(CC(=O)O)c1Br. The Morgan fingerprint density at radius 3 is 2.79 bits per heavy atom. The molecule has 1 aromatic rings. The lowest BCUT2D eigenvalue weighted by atomic mass is 10.1. The van der Waals surface area contributed by atoms with Gasteiger partial charge in [0.25, 0.3) is 0 Å². The Morgan fingerprint density at radius 2 is 2.29 bits per heavy atom. The molecule has 0 aliphatic rings. The van der Waals surface area contributed by atoms with Gasteiger partial charge in [0.1, 0.15) is 6.07 Å². The van der Waals surface area contributed by atoms with E-state index in [-0.39, 0.29) is 6.42 Å². The number of thiol groups is 1. The highest BCUT2D eigenvalue weighted by molar-refractivity contribution is 9.10. The van der Waals surface area contributed by atoms with Gasteiger partial charge >= 0.3 is 5.97 Å². The van der Waals surface area contributed by atoms with Crippen molar-refractivity contribution in [2.24, 2.45) is 0 Å². The topological polar surface area (TPSA) is 61.1 Å². The molecule has 0 aliphatic heterocycles. The third-order valence-electron chi connectivity index (χ3n) is 1.59.